The first kappa shape index (κ1) is 18.5. The van der Waals surface area contributed by atoms with Crippen LogP contribution in [0.1, 0.15) is 25.3 Å². The Morgan fingerprint density at radius 1 is 1.18 bits per heavy atom. The van der Waals surface area contributed by atoms with Crippen LogP contribution in [-0.2, 0) is 6.54 Å². The smallest absolute Gasteiger partial charge is 0.267 e. The molecule has 1 aromatic carbocycles. The molecule has 0 fully saturated rings. The summed E-state index contributed by atoms with van der Waals surface area (Å²) < 4.78 is 26.4. The van der Waals surface area contributed by atoms with Gasteiger partial charge in [0.25, 0.3) is 5.56 Å². The van der Waals surface area contributed by atoms with Crippen LogP contribution in [0.5, 0.6) is 5.75 Å². The van der Waals surface area contributed by atoms with Gasteiger partial charge in [-0.2, -0.15) is 0 Å². The van der Waals surface area contributed by atoms with Crippen LogP contribution in [0.15, 0.2) is 56.7 Å². The quantitative estimate of drug-likeness (QED) is 0.529. The minimum Gasteiger partial charge on any atom is -0.506 e. The number of benzene rings is 1. The summed E-state index contributed by atoms with van der Waals surface area (Å²) in [6.07, 6.45) is 3.20. The molecule has 0 aliphatic carbocycles. The third-order valence-corrected chi connectivity index (χ3v) is 6.00. The third kappa shape index (κ3) is 2.93. The van der Waals surface area contributed by atoms with E-state index in [0.717, 1.165) is 12.8 Å². The van der Waals surface area contributed by atoms with Gasteiger partial charge in [-0.3, -0.25) is 18.5 Å². The second-order valence-electron chi connectivity index (χ2n) is 6.49. The highest BCUT2D eigenvalue weighted by molar-refractivity contribution is 8.23. The molecule has 0 saturated heterocycles. The maximum absolute atomic E-state index is 13.2. The summed E-state index contributed by atoms with van der Waals surface area (Å²) in [5.74, 6) is -0.362. The third-order valence-electron chi connectivity index (χ3n) is 4.62. The van der Waals surface area contributed by atoms with Crippen molar-refractivity contribution in [3.8, 4) is 5.75 Å². The van der Waals surface area contributed by atoms with Crippen LogP contribution in [0.2, 0.25) is 0 Å². The van der Waals surface area contributed by atoms with E-state index < -0.39 is 16.3 Å². The molecule has 3 heterocycles. The summed E-state index contributed by atoms with van der Waals surface area (Å²) in [4.78, 5) is 17.7. The van der Waals surface area contributed by atoms with E-state index in [9.17, 15) is 19.0 Å². The number of hydrogen-bond acceptors (Lipinski definition) is 7. The number of nitrogens with zero attached hydrogens (tertiary/aromatic N) is 3. The Hall–Kier alpha value is -2.88. The largest absolute Gasteiger partial charge is 0.506 e. The number of fused-ring (bicyclic) bond motifs is 2. The molecule has 0 amide bonds. The average molecular weight is 400 g/mol. The Kier molecular flexibility index (Phi) is 4.58. The fourth-order valence-electron chi connectivity index (χ4n) is 3.24. The van der Waals surface area contributed by atoms with Crippen LogP contribution >= 0.6 is 10.8 Å². The first-order valence-electron chi connectivity index (χ1n) is 8.89. The predicted octanol–water partition coefficient (Wildman–Crippen LogP) is 3.80. The summed E-state index contributed by atoms with van der Waals surface area (Å²) in [5, 5.41) is 14.2. The fraction of sp³-hybridized carbons (Fsp3) is 0.211. The molecule has 0 atom stereocenters. The molecule has 8 nitrogen and oxygen atoms in total. The number of aromatic nitrogens is 2. The molecule has 0 saturated carbocycles. The lowest BCUT2D eigenvalue weighted by atomic mass is 10.1. The Bertz CT molecular complexity index is 1160. The van der Waals surface area contributed by atoms with Crippen molar-refractivity contribution in [2.24, 2.45) is 4.40 Å². The van der Waals surface area contributed by atoms with Crippen LogP contribution in [0.3, 0.4) is 0 Å². The van der Waals surface area contributed by atoms with E-state index in [1.807, 2.05) is 6.92 Å². The van der Waals surface area contributed by atoms with Crippen molar-refractivity contribution in [1.29, 1.82) is 0 Å². The molecule has 0 unspecified atom stereocenters. The molecule has 3 aromatic rings. The van der Waals surface area contributed by atoms with Crippen molar-refractivity contribution in [3.05, 3.63) is 58.5 Å². The van der Waals surface area contributed by atoms with Gasteiger partial charge < -0.3 is 10.4 Å². The van der Waals surface area contributed by atoms with Gasteiger partial charge in [0.1, 0.15) is 21.9 Å². The standard InChI is InChI=1S/C19H20N4O4S/c1-2-3-11-23-18-12(7-6-10-20-18)16(24)15(19(23)25)17-21-13-8-4-5-9-14(13)28(26,27)22-17/h4-10,24,26-27H,2-3,11H2,1H3,(H,21,22). The van der Waals surface area contributed by atoms with E-state index in [-0.39, 0.29) is 22.0 Å². The number of pyridine rings is 2. The van der Waals surface area contributed by atoms with Gasteiger partial charge in [0.2, 0.25) is 0 Å². The van der Waals surface area contributed by atoms with Gasteiger partial charge in [0.15, 0.2) is 5.84 Å². The first-order chi connectivity index (χ1) is 13.4. The number of hydrogen-bond donors (Lipinski definition) is 4. The van der Waals surface area contributed by atoms with E-state index in [1.165, 1.54) is 4.57 Å². The number of anilines is 1. The number of aromatic hydroxyl groups is 1. The van der Waals surface area contributed by atoms with E-state index in [4.69, 9.17) is 0 Å². The Morgan fingerprint density at radius 2 is 1.96 bits per heavy atom. The predicted molar refractivity (Wildman–Crippen MR) is 110 cm³/mol. The van der Waals surface area contributed by atoms with Crippen molar-refractivity contribution in [2.45, 2.75) is 31.2 Å². The van der Waals surface area contributed by atoms with E-state index in [2.05, 4.69) is 14.7 Å². The Morgan fingerprint density at radius 3 is 2.75 bits per heavy atom. The summed E-state index contributed by atoms with van der Waals surface area (Å²) >= 11 is 0. The van der Waals surface area contributed by atoms with Crippen molar-refractivity contribution in [2.75, 3.05) is 5.32 Å². The highest BCUT2D eigenvalue weighted by Crippen LogP contribution is 2.55. The van der Waals surface area contributed by atoms with Gasteiger partial charge in [0, 0.05) is 12.7 Å². The maximum Gasteiger partial charge on any atom is 0.267 e. The fourth-order valence-corrected chi connectivity index (χ4v) is 4.41. The van der Waals surface area contributed by atoms with Crippen molar-refractivity contribution in [1.82, 2.24) is 9.55 Å². The number of amidine groups is 1. The maximum atomic E-state index is 13.2. The lowest BCUT2D eigenvalue weighted by Gasteiger charge is -2.34. The SMILES string of the molecule is CCCCn1c(=O)c(C2=NS(O)(O)c3ccccc3N2)c(O)c2cccnc21. The molecule has 0 bridgehead atoms. The van der Waals surface area contributed by atoms with Crippen LogP contribution in [0, 0.1) is 0 Å². The van der Waals surface area contributed by atoms with Crippen LogP contribution in [-0.4, -0.2) is 29.6 Å². The molecule has 4 N–H and O–H groups in total. The minimum absolute atomic E-state index is 0.0720. The summed E-state index contributed by atoms with van der Waals surface area (Å²) in [5.41, 5.74) is 0.215. The van der Waals surface area contributed by atoms with Crippen LogP contribution in [0.4, 0.5) is 5.69 Å². The van der Waals surface area contributed by atoms with Gasteiger partial charge in [-0.15, -0.1) is 4.40 Å². The number of para-hydroxylation sites is 1. The van der Waals surface area contributed by atoms with Gasteiger partial charge in [-0.25, -0.2) is 4.98 Å². The molecule has 28 heavy (non-hydrogen) atoms. The van der Waals surface area contributed by atoms with E-state index >= 15 is 0 Å². The Balaban J connectivity index is 1.97. The normalized spacial score (nSPS) is 16.2. The van der Waals surface area contributed by atoms with Gasteiger partial charge >= 0.3 is 0 Å². The lowest BCUT2D eigenvalue weighted by molar-refractivity contribution is 0.476. The zero-order valence-electron chi connectivity index (χ0n) is 15.2. The van der Waals surface area contributed by atoms with Gasteiger partial charge in [-0.1, -0.05) is 36.3 Å². The second-order valence-corrected chi connectivity index (χ2v) is 8.15. The first-order valence-corrected chi connectivity index (χ1v) is 10.4. The molecular formula is C19H20N4O4S. The van der Waals surface area contributed by atoms with Gasteiger partial charge in [0.05, 0.1) is 11.1 Å². The minimum atomic E-state index is -3.51. The molecule has 1 aliphatic rings. The number of aryl methyl sites for hydroxylation is 1. The highest BCUT2D eigenvalue weighted by Gasteiger charge is 2.30. The van der Waals surface area contributed by atoms with Crippen LogP contribution < -0.4 is 10.9 Å². The van der Waals surface area contributed by atoms with Crippen molar-refractivity contribution >= 4 is 33.3 Å². The van der Waals surface area contributed by atoms with E-state index in [1.54, 1.807) is 42.6 Å². The number of nitrogens with one attached hydrogen (secondary N) is 1. The average Bonchev–Trinajstić information content (AvgIpc) is 2.68. The van der Waals surface area contributed by atoms with Crippen molar-refractivity contribution in [3.63, 3.8) is 0 Å². The zero-order valence-corrected chi connectivity index (χ0v) is 16.0. The second kappa shape index (κ2) is 6.93. The van der Waals surface area contributed by atoms with Crippen molar-refractivity contribution < 1.29 is 14.2 Å². The van der Waals surface area contributed by atoms with E-state index in [0.29, 0.717) is 23.3 Å². The number of unbranched alkanes of at least 4 members (excludes halogenated alkanes) is 1. The topological polar surface area (TPSA) is 120 Å². The molecule has 4 rings (SSSR count). The summed E-state index contributed by atoms with van der Waals surface area (Å²) in [6.45, 7) is 2.44. The molecule has 0 spiro atoms. The number of rotatable bonds is 4. The lowest BCUT2D eigenvalue weighted by Crippen LogP contribution is -2.32. The summed E-state index contributed by atoms with van der Waals surface area (Å²) in [7, 11) is -3.51. The van der Waals surface area contributed by atoms with Gasteiger partial charge in [-0.05, 0) is 30.7 Å². The highest BCUT2D eigenvalue weighted by atomic mass is 32.3. The monoisotopic (exact) mass is 400 g/mol. The zero-order chi connectivity index (χ0) is 19.9. The Labute approximate surface area is 162 Å². The van der Waals surface area contributed by atoms with Crippen LogP contribution in [0.25, 0.3) is 11.0 Å². The molecule has 1 aliphatic heterocycles. The molecule has 9 heteroatoms. The summed E-state index contributed by atoms with van der Waals surface area (Å²) in [6, 6.07) is 9.95. The molecule has 0 radical (unpaired) electrons. The molecule has 2 aromatic heterocycles. The molecular weight excluding hydrogens is 380 g/mol. The molecule has 146 valence electrons.